The SMILES string of the molecule is CCC(CC(C)CC(O)(C(F)(F)F)C(F)(F)F)C1CC(C)(C)OS1(=O)=O. The molecule has 1 N–H and O–H groups in total. The first kappa shape index (κ1) is 23.5. The molecule has 1 fully saturated rings. The normalized spacial score (nSPS) is 25.9. The van der Waals surface area contributed by atoms with E-state index in [1.165, 1.54) is 0 Å². The smallest absolute Gasteiger partial charge is 0.374 e. The molecule has 3 atom stereocenters. The molecule has 0 aromatic heterocycles. The van der Waals surface area contributed by atoms with E-state index in [0.717, 1.165) is 6.92 Å². The van der Waals surface area contributed by atoms with Crippen LogP contribution in [-0.2, 0) is 14.3 Å². The Morgan fingerprint density at radius 1 is 1.15 bits per heavy atom. The monoisotopic (exact) mass is 414 g/mol. The van der Waals surface area contributed by atoms with Crippen molar-refractivity contribution in [1.29, 1.82) is 0 Å². The van der Waals surface area contributed by atoms with Gasteiger partial charge in [-0.2, -0.15) is 34.8 Å². The van der Waals surface area contributed by atoms with Gasteiger partial charge in [-0.1, -0.05) is 20.3 Å². The number of aliphatic hydroxyl groups is 1. The van der Waals surface area contributed by atoms with Gasteiger partial charge in [-0.15, -0.1) is 0 Å². The van der Waals surface area contributed by atoms with Crippen LogP contribution < -0.4 is 0 Å². The summed E-state index contributed by atoms with van der Waals surface area (Å²) in [6, 6.07) is 0. The predicted molar refractivity (Wildman–Crippen MR) is 81.7 cm³/mol. The third kappa shape index (κ3) is 4.83. The molecule has 3 unspecified atom stereocenters. The maximum Gasteiger partial charge on any atom is 0.426 e. The van der Waals surface area contributed by atoms with Crippen LogP contribution in [0.25, 0.3) is 0 Å². The minimum atomic E-state index is -5.88. The van der Waals surface area contributed by atoms with Gasteiger partial charge >= 0.3 is 12.4 Å². The van der Waals surface area contributed by atoms with Gasteiger partial charge in [-0.3, -0.25) is 4.18 Å². The first-order valence-electron chi connectivity index (χ1n) is 8.16. The molecule has 156 valence electrons. The average molecular weight is 414 g/mol. The summed E-state index contributed by atoms with van der Waals surface area (Å²) < 4.78 is 106. The molecule has 26 heavy (non-hydrogen) atoms. The van der Waals surface area contributed by atoms with Crippen molar-refractivity contribution >= 4 is 10.1 Å². The first-order chi connectivity index (χ1) is 11.4. The second-order valence-corrected chi connectivity index (χ2v) is 9.41. The van der Waals surface area contributed by atoms with Crippen LogP contribution in [0.15, 0.2) is 0 Å². The molecule has 1 aliphatic heterocycles. The molecule has 1 saturated heterocycles. The summed E-state index contributed by atoms with van der Waals surface area (Å²) >= 11 is 0. The quantitative estimate of drug-likeness (QED) is 0.523. The molecule has 1 heterocycles. The lowest BCUT2D eigenvalue weighted by molar-refractivity contribution is -0.372. The molecule has 0 aromatic rings. The van der Waals surface area contributed by atoms with E-state index < -0.39 is 57.2 Å². The molecule has 1 aliphatic rings. The van der Waals surface area contributed by atoms with Crippen molar-refractivity contribution in [3.63, 3.8) is 0 Å². The highest BCUT2D eigenvalue weighted by Gasteiger charge is 2.70. The molecule has 0 radical (unpaired) electrons. The Labute approximate surface area is 149 Å². The van der Waals surface area contributed by atoms with E-state index in [1.807, 2.05) is 0 Å². The molecule has 0 spiro atoms. The zero-order valence-electron chi connectivity index (χ0n) is 14.9. The zero-order chi connectivity index (χ0) is 20.8. The predicted octanol–water partition coefficient (Wildman–Crippen LogP) is 4.18. The molecule has 1 rings (SSSR count). The number of hydrogen-bond acceptors (Lipinski definition) is 4. The second kappa shape index (κ2) is 7.12. The van der Waals surface area contributed by atoms with E-state index in [1.54, 1.807) is 20.8 Å². The maximum atomic E-state index is 12.8. The third-order valence-corrected chi connectivity index (χ3v) is 6.72. The average Bonchev–Trinajstić information content (AvgIpc) is 2.61. The van der Waals surface area contributed by atoms with Gasteiger partial charge in [-0.05, 0) is 44.9 Å². The van der Waals surface area contributed by atoms with E-state index in [4.69, 9.17) is 4.18 Å². The highest BCUT2D eigenvalue weighted by atomic mass is 32.2. The summed E-state index contributed by atoms with van der Waals surface area (Å²) in [6.45, 7) is 5.84. The lowest BCUT2D eigenvalue weighted by Crippen LogP contribution is -2.57. The Hall–Kier alpha value is -0.550. The van der Waals surface area contributed by atoms with Gasteiger partial charge < -0.3 is 5.11 Å². The van der Waals surface area contributed by atoms with Crippen LogP contribution in [0.2, 0.25) is 0 Å². The van der Waals surface area contributed by atoms with Crippen molar-refractivity contribution in [1.82, 2.24) is 0 Å². The van der Waals surface area contributed by atoms with Gasteiger partial charge in [0.05, 0.1) is 10.9 Å². The Bertz CT molecular complexity index is 582. The highest BCUT2D eigenvalue weighted by molar-refractivity contribution is 7.87. The molecular formula is C15H24F6O4S. The van der Waals surface area contributed by atoms with Crippen molar-refractivity contribution in [3.05, 3.63) is 0 Å². The van der Waals surface area contributed by atoms with E-state index in [2.05, 4.69) is 0 Å². The number of rotatable bonds is 6. The molecular weight excluding hydrogens is 390 g/mol. The van der Waals surface area contributed by atoms with Crippen LogP contribution in [0, 0.1) is 11.8 Å². The fraction of sp³-hybridized carbons (Fsp3) is 1.00. The molecule has 0 bridgehead atoms. The van der Waals surface area contributed by atoms with Crippen LogP contribution in [0.1, 0.15) is 53.4 Å². The van der Waals surface area contributed by atoms with Crippen LogP contribution in [0.5, 0.6) is 0 Å². The molecule has 0 amide bonds. The summed E-state index contributed by atoms with van der Waals surface area (Å²) in [7, 11) is -3.96. The fourth-order valence-electron chi connectivity index (χ4n) is 3.48. The lowest BCUT2D eigenvalue weighted by atomic mass is 9.81. The topological polar surface area (TPSA) is 63.6 Å². The Morgan fingerprint density at radius 3 is 1.92 bits per heavy atom. The van der Waals surface area contributed by atoms with Crippen LogP contribution in [-0.4, -0.2) is 42.3 Å². The fourth-order valence-corrected chi connectivity index (χ4v) is 5.68. The summed E-state index contributed by atoms with van der Waals surface area (Å²) in [5, 5.41) is 8.29. The number of halogens is 6. The van der Waals surface area contributed by atoms with E-state index >= 15 is 0 Å². The second-order valence-electron chi connectivity index (χ2n) is 7.65. The number of hydrogen-bond donors (Lipinski definition) is 1. The molecule has 0 aromatic carbocycles. The maximum absolute atomic E-state index is 12.8. The summed E-state index contributed by atoms with van der Waals surface area (Å²) in [5.41, 5.74) is -5.80. The van der Waals surface area contributed by atoms with Crippen LogP contribution in [0.4, 0.5) is 26.3 Å². The van der Waals surface area contributed by atoms with Crippen molar-refractivity contribution in [2.45, 2.75) is 82.2 Å². The van der Waals surface area contributed by atoms with E-state index in [0.29, 0.717) is 0 Å². The van der Waals surface area contributed by atoms with Crippen molar-refractivity contribution < 1.29 is 44.0 Å². The largest absolute Gasteiger partial charge is 0.426 e. The first-order valence-corrected chi connectivity index (χ1v) is 9.63. The van der Waals surface area contributed by atoms with E-state index in [9.17, 15) is 39.9 Å². The lowest BCUT2D eigenvalue weighted by Gasteiger charge is -2.35. The highest BCUT2D eigenvalue weighted by Crippen LogP contribution is 2.48. The molecule has 0 saturated carbocycles. The third-order valence-electron chi connectivity index (χ3n) is 4.74. The summed E-state index contributed by atoms with van der Waals surface area (Å²) in [6.07, 6.45) is -13.2. The van der Waals surface area contributed by atoms with Gasteiger partial charge in [0.1, 0.15) is 0 Å². The molecule has 11 heteroatoms. The number of alkyl halides is 6. The van der Waals surface area contributed by atoms with Gasteiger partial charge in [0.15, 0.2) is 0 Å². The van der Waals surface area contributed by atoms with Crippen LogP contribution >= 0.6 is 0 Å². The van der Waals surface area contributed by atoms with Crippen LogP contribution in [0.3, 0.4) is 0 Å². The summed E-state index contributed by atoms with van der Waals surface area (Å²) in [4.78, 5) is 0. The van der Waals surface area contributed by atoms with Crippen molar-refractivity contribution in [2.75, 3.05) is 0 Å². The van der Waals surface area contributed by atoms with Crippen molar-refractivity contribution in [3.8, 4) is 0 Å². The standard InChI is InChI=1S/C15H24F6O4S/c1-5-10(11-8-12(3,4)25-26(11,23)24)6-9(2)7-13(22,14(16,17)18)15(19,20)21/h9-11,22H,5-8H2,1-4H3. The Morgan fingerprint density at radius 2 is 1.62 bits per heavy atom. The minimum Gasteiger partial charge on any atom is -0.374 e. The Balaban J connectivity index is 2.99. The molecule has 4 nitrogen and oxygen atoms in total. The van der Waals surface area contributed by atoms with Gasteiger partial charge in [0.2, 0.25) is 0 Å². The van der Waals surface area contributed by atoms with Crippen molar-refractivity contribution in [2.24, 2.45) is 11.8 Å². The van der Waals surface area contributed by atoms with E-state index in [-0.39, 0.29) is 19.3 Å². The Kier molecular flexibility index (Phi) is 6.43. The molecule has 0 aliphatic carbocycles. The zero-order valence-corrected chi connectivity index (χ0v) is 15.7. The van der Waals surface area contributed by atoms with Gasteiger partial charge in [-0.25, -0.2) is 0 Å². The van der Waals surface area contributed by atoms with Gasteiger partial charge in [0, 0.05) is 0 Å². The minimum absolute atomic E-state index is 0.101. The summed E-state index contributed by atoms with van der Waals surface area (Å²) in [5.74, 6) is -1.89. The van der Waals surface area contributed by atoms with Gasteiger partial charge in [0.25, 0.3) is 15.7 Å².